The fraction of sp³-hybridized carbons (Fsp3) is 0.556. The van der Waals surface area contributed by atoms with Crippen LogP contribution in [0.5, 0.6) is 0 Å². The maximum Gasteiger partial charge on any atom is 0.251 e. The average Bonchev–Trinajstić information content (AvgIpc) is 2.55. The number of nitrogens with zero attached hydrogens (tertiary/aromatic N) is 1. The summed E-state index contributed by atoms with van der Waals surface area (Å²) in [6.07, 6.45) is 1.56. The van der Waals surface area contributed by atoms with Crippen LogP contribution in [0.2, 0.25) is 0 Å². The molecule has 5 heteroatoms. The fourth-order valence-corrected chi connectivity index (χ4v) is 2.92. The summed E-state index contributed by atoms with van der Waals surface area (Å²) in [6.45, 7) is 7.00. The van der Waals surface area contributed by atoms with E-state index in [2.05, 4.69) is 5.32 Å². The first kappa shape index (κ1) is 17.8. The van der Waals surface area contributed by atoms with E-state index in [1.54, 1.807) is 0 Å². The van der Waals surface area contributed by atoms with Gasteiger partial charge in [-0.25, -0.2) is 0 Å². The molecule has 1 saturated heterocycles. The third kappa shape index (κ3) is 4.25. The number of hydrogen-bond donors (Lipinski definition) is 1. The van der Waals surface area contributed by atoms with E-state index in [1.165, 1.54) is 0 Å². The van der Waals surface area contributed by atoms with Gasteiger partial charge in [0.25, 0.3) is 5.91 Å². The highest BCUT2D eigenvalue weighted by atomic mass is 35.5. The summed E-state index contributed by atoms with van der Waals surface area (Å²) < 4.78 is 0. The number of piperidine rings is 1. The van der Waals surface area contributed by atoms with Crippen molar-refractivity contribution >= 4 is 23.4 Å². The molecule has 0 unspecified atom stereocenters. The molecule has 1 aliphatic rings. The molecular weight excluding hydrogens is 312 g/mol. The molecule has 23 heavy (non-hydrogen) atoms. The maximum atomic E-state index is 12.4. The summed E-state index contributed by atoms with van der Waals surface area (Å²) in [4.78, 5) is 26.6. The molecule has 126 valence electrons. The summed E-state index contributed by atoms with van der Waals surface area (Å²) in [5.74, 6) is 0.376. The zero-order valence-electron chi connectivity index (χ0n) is 14.1. The van der Waals surface area contributed by atoms with Crippen molar-refractivity contribution in [2.75, 3.05) is 19.0 Å². The molecule has 0 aromatic heterocycles. The minimum absolute atomic E-state index is 0.0334. The van der Waals surface area contributed by atoms with E-state index in [0.717, 1.165) is 18.4 Å². The van der Waals surface area contributed by atoms with Crippen LogP contribution in [0.25, 0.3) is 0 Å². The molecule has 1 aromatic rings. The Labute approximate surface area is 143 Å². The molecule has 0 aliphatic carbocycles. The second-order valence-corrected chi connectivity index (χ2v) is 7.14. The van der Waals surface area contributed by atoms with E-state index in [0.29, 0.717) is 24.5 Å². The Hall–Kier alpha value is -1.55. The first-order valence-corrected chi connectivity index (χ1v) is 8.60. The minimum atomic E-state index is -0.529. The van der Waals surface area contributed by atoms with Crippen LogP contribution in [-0.4, -0.2) is 41.7 Å². The Morgan fingerprint density at radius 3 is 2.43 bits per heavy atom. The number of hydrogen-bond acceptors (Lipinski definition) is 2. The number of alkyl halides is 1. The number of carbonyl (C=O) groups excluding carboxylic acids is 2. The van der Waals surface area contributed by atoms with Crippen LogP contribution < -0.4 is 5.32 Å². The quantitative estimate of drug-likeness (QED) is 0.859. The Balaban J connectivity index is 1.89. The van der Waals surface area contributed by atoms with Gasteiger partial charge in [-0.2, -0.15) is 0 Å². The van der Waals surface area contributed by atoms with Gasteiger partial charge in [0.2, 0.25) is 5.91 Å². The molecule has 0 spiro atoms. The van der Waals surface area contributed by atoms with Crippen molar-refractivity contribution in [2.45, 2.75) is 39.7 Å². The second kappa shape index (κ2) is 7.35. The van der Waals surface area contributed by atoms with Crippen LogP contribution in [0.15, 0.2) is 24.3 Å². The maximum absolute atomic E-state index is 12.4. The number of likely N-dealkylation sites (tertiary alicyclic amines) is 1. The number of aryl methyl sites for hydroxylation is 1. The number of nitrogens with one attached hydrogen (secondary N) is 1. The zero-order chi connectivity index (χ0) is 17.0. The molecule has 2 rings (SSSR count). The fourth-order valence-electron chi connectivity index (χ4n) is 2.80. The molecule has 1 N–H and O–H groups in total. The lowest BCUT2D eigenvalue weighted by molar-refractivity contribution is -0.140. The van der Waals surface area contributed by atoms with E-state index in [4.69, 9.17) is 11.6 Å². The predicted octanol–water partition coefficient (Wildman–Crippen LogP) is 2.98. The van der Waals surface area contributed by atoms with Crippen LogP contribution >= 0.6 is 11.6 Å². The van der Waals surface area contributed by atoms with Gasteiger partial charge in [0.15, 0.2) is 0 Å². The first-order chi connectivity index (χ1) is 10.8. The number of carbonyl (C=O) groups is 2. The van der Waals surface area contributed by atoms with Gasteiger partial charge < -0.3 is 10.2 Å². The number of benzene rings is 1. The van der Waals surface area contributed by atoms with Gasteiger partial charge in [0.05, 0.1) is 5.41 Å². The van der Waals surface area contributed by atoms with Crippen molar-refractivity contribution in [3.8, 4) is 0 Å². The van der Waals surface area contributed by atoms with Crippen LogP contribution in [0.3, 0.4) is 0 Å². The largest absolute Gasteiger partial charge is 0.349 e. The van der Waals surface area contributed by atoms with Gasteiger partial charge in [-0.15, -0.1) is 11.6 Å². The van der Waals surface area contributed by atoms with E-state index in [1.807, 2.05) is 49.9 Å². The Kier molecular flexibility index (Phi) is 5.69. The van der Waals surface area contributed by atoms with Gasteiger partial charge in [0, 0.05) is 30.6 Å². The predicted molar refractivity (Wildman–Crippen MR) is 92.7 cm³/mol. The molecule has 4 nitrogen and oxygen atoms in total. The topological polar surface area (TPSA) is 49.4 Å². The average molecular weight is 337 g/mol. The van der Waals surface area contributed by atoms with Gasteiger partial charge in [-0.1, -0.05) is 18.2 Å². The number of halogens is 1. The number of rotatable bonds is 4. The molecule has 1 aromatic carbocycles. The standard InChI is InChI=1S/C18H25ClN2O2/c1-13-6-4-5-7-15(13)16(22)20-14-8-10-21(11-9-14)17(23)18(2,3)12-19/h4-7,14H,8-12H2,1-3H3,(H,20,22). The monoisotopic (exact) mass is 336 g/mol. The van der Waals surface area contributed by atoms with E-state index >= 15 is 0 Å². The smallest absolute Gasteiger partial charge is 0.251 e. The normalized spacial score (nSPS) is 16.3. The molecular formula is C18H25ClN2O2. The van der Waals surface area contributed by atoms with E-state index in [-0.39, 0.29) is 17.9 Å². The van der Waals surface area contributed by atoms with Gasteiger partial charge in [0.1, 0.15) is 0 Å². The molecule has 0 radical (unpaired) electrons. The Bertz CT molecular complexity index is 578. The van der Waals surface area contributed by atoms with Crippen molar-refractivity contribution < 1.29 is 9.59 Å². The van der Waals surface area contributed by atoms with Gasteiger partial charge in [-0.3, -0.25) is 9.59 Å². The van der Waals surface area contributed by atoms with E-state index < -0.39 is 5.41 Å². The molecule has 1 fully saturated rings. The lowest BCUT2D eigenvalue weighted by Gasteiger charge is -2.36. The summed E-state index contributed by atoms with van der Waals surface area (Å²) in [5.41, 5.74) is 1.16. The van der Waals surface area contributed by atoms with Crippen molar-refractivity contribution in [1.29, 1.82) is 0 Å². The SMILES string of the molecule is Cc1ccccc1C(=O)NC1CCN(C(=O)C(C)(C)CCl)CC1. The third-order valence-electron chi connectivity index (χ3n) is 4.42. The molecule has 1 aliphatic heterocycles. The molecule has 1 heterocycles. The first-order valence-electron chi connectivity index (χ1n) is 8.07. The lowest BCUT2D eigenvalue weighted by Crippen LogP contribution is -2.50. The second-order valence-electron chi connectivity index (χ2n) is 6.87. The highest BCUT2D eigenvalue weighted by molar-refractivity contribution is 6.19. The highest BCUT2D eigenvalue weighted by Gasteiger charge is 2.33. The summed E-state index contributed by atoms with van der Waals surface area (Å²) in [5, 5.41) is 3.09. The van der Waals surface area contributed by atoms with Crippen molar-refractivity contribution in [3.05, 3.63) is 35.4 Å². The molecule has 2 amide bonds. The van der Waals surface area contributed by atoms with Gasteiger partial charge in [-0.05, 0) is 45.2 Å². The zero-order valence-corrected chi connectivity index (χ0v) is 14.8. The third-order valence-corrected chi connectivity index (χ3v) is 5.09. The molecule has 0 bridgehead atoms. The van der Waals surface area contributed by atoms with Crippen LogP contribution in [0.4, 0.5) is 0 Å². The van der Waals surface area contributed by atoms with Gasteiger partial charge >= 0.3 is 0 Å². The van der Waals surface area contributed by atoms with Crippen molar-refractivity contribution in [1.82, 2.24) is 10.2 Å². The highest BCUT2D eigenvalue weighted by Crippen LogP contribution is 2.23. The Morgan fingerprint density at radius 1 is 1.26 bits per heavy atom. The lowest BCUT2D eigenvalue weighted by atomic mass is 9.92. The van der Waals surface area contributed by atoms with Crippen molar-refractivity contribution in [3.63, 3.8) is 0 Å². The Morgan fingerprint density at radius 2 is 1.87 bits per heavy atom. The molecule has 0 atom stereocenters. The number of amides is 2. The van der Waals surface area contributed by atoms with Crippen LogP contribution in [0.1, 0.15) is 42.6 Å². The van der Waals surface area contributed by atoms with Crippen LogP contribution in [0, 0.1) is 12.3 Å². The summed E-state index contributed by atoms with van der Waals surface area (Å²) >= 11 is 5.88. The summed E-state index contributed by atoms with van der Waals surface area (Å²) in [6, 6.07) is 7.69. The minimum Gasteiger partial charge on any atom is -0.349 e. The van der Waals surface area contributed by atoms with Crippen molar-refractivity contribution in [2.24, 2.45) is 5.41 Å². The van der Waals surface area contributed by atoms with E-state index in [9.17, 15) is 9.59 Å². The summed E-state index contributed by atoms with van der Waals surface area (Å²) in [7, 11) is 0. The van der Waals surface area contributed by atoms with Crippen LogP contribution in [-0.2, 0) is 4.79 Å². The molecule has 0 saturated carbocycles.